The van der Waals surface area contributed by atoms with Gasteiger partial charge in [-0.3, -0.25) is 4.79 Å². The third kappa shape index (κ3) is 3.49. The summed E-state index contributed by atoms with van der Waals surface area (Å²) in [5.74, 6) is -2.59. The van der Waals surface area contributed by atoms with Gasteiger partial charge >= 0.3 is 5.97 Å². The molecule has 0 unspecified atom stereocenters. The highest BCUT2D eigenvalue weighted by Gasteiger charge is 2.19. The number of hydrogen-bond donors (Lipinski definition) is 2. The minimum absolute atomic E-state index is 0.114. The molecule has 5 heteroatoms. The van der Waals surface area contributed by atoms with Crippen LogP contribution in [-0.4, -0.2) is 22.0 Å². The maximum absolute atomic E-state index is 12.2. The second kappa shape index (κ2) is 6.24. The maximum Gasteiger partial charge on any atom is 0.336 e. The number of carboxylic acid groups (broad SMARTS) is 1. The molecule has 2 aromatic carbocycles. The van der Waals surface area contributed by atoms with Crippen LogP contribution in [0.2, 0.25) is 5.02 Å². The number of aromatic carboxylic acids is 1. The number of carboxylic acids is 1. The van der Waals surface area contributed by atoms with Crippen molar-refractivity contribution in [2.24, 2.45) is 0 Å². The molecule has 4 nitrogen and oxygen atoms in total. The molecule has 0 saturated carbocycles. The Hall–Kier alpha value is -2.59. The molecular weight excluding hydrogens is 292 g/mol. The molecule has 0 aliphatic heterocycles. The van der Waals surface area contributed by atoms with E-state index >= 15 is 0 Å². The Kier molecular flexibility index (Phi) is 4.40. The van der Waals surface area contributed by atoms with Crippen molar-refractivity contribution in [2.45, 2.75) is 0 Å². The van der Waals surface area contributed by atoms with Crippen LogP contribution < -0.4 is 0 Å². The van der Waals surface area contributed by atoms with Crippen LogP contribution in [0.25, 0.3) is 6.08 Å². The normalized spacial score (nSPS) is 11.2. The van der Waals surface area contributed by atoms with Crippen molar-refractivity contribution >= 4 is 29.4 Å². The number of carbonyl (C=O) groups excluding carboxylic acids is 1. The zero-order chi connectivity index (χ0) is 15.4. The van der Waals surface area contributed by atoms with Crippen LogP contribution in [0.4, 0.5) is 0 Å². The number of ketones is 1. The summed E-state index contributed by atoms with van der Waals surface area (Å²) < 4.78 is 0. The first-order chi connectivity index (χ1) is 9.99. The summed E-state index contributed by atoms with van der Waals surface area (Å²) >= 11 is 5.72. The van der Waals surface area contributed by atoms with E-state index < -0.39 is 17.5 Å². The molecule has 2 N–H and O–H groups in total. The molecule has 106 valence electrons. The molecule has 0 aliphatic carbocycles. The number of aliphatic hydroxyl groups excluding tert-OH is 1. The van der Waals surface area contributed by atoms with Gasteiger partial charge in [0.05, 0.1) is 5.56 Å². The van der Waals surface area contributed by atoms with Gasteiger partial charge in [-0.05, 0) is 29.8 Å². The fourth-order valence-electron chi connectivity index (χ4n) is 1.80. The largest absolute Gasteiger partial charge is 0.504 e. The number of allylic oxidation sites excluding steroid dienone is 1. The molecule has 21 heavy (non-hydrogen) atoms. The summed E-state index contributed by atoms with van der Waals surface area (Å²) in [6.07, 6.45) is 1.28. The molecule has 0 spiro atoms. The van der Waals surface area contributed by atoms with Crippen LogP contribution >= 0.6 is 11.6 Å². The number of carbonyl (C=O) groups is 2. The first-order valence-corrected chi connectivity index (χ1v) is 6.40. The van der Waals surface area contributed by atoms with Crippen LogP contribution in [0, 0.1) is 0 Å². The molecule has 2 rings (SSSR count). The van der Waals surface area contributed by atoms with E-state index in [1.807, 2.05) is 0 Å². The lowest BCUT2D eigenvalue weighted by molar-refractivity contribution is 0.0692. The monoisotopic (exact) mass is 302 g/mol. The Morgan fingerprint density at radius 3 is 2.24 bits per heavy atom. The predicted molar refractivity (Wildman–Crippen MR) is 79.8 cm³/mol. The average molecular weight is 303 g/mol. The highest BCUT2D eigenvalue weighted by atomic mass is 35.5. The van der Waals surface area contributed by atoms with Gasteiger partial charge in [-0.2, -0.15) is 0 Å². The SMILES string of the molecule is O=C(O)c1cc(Cl)ccc1C(=O)/C(O)=C/c1ccccc1. The quantitative estimate of drug-likeness (QED) is 0.511. The number of rotatable bonds is 4. The number of benzene rings is 2. The Labute approximate surface area is 125 Å². The molecule has 0 aliphatic rings. The van der Waals surface area contributed by atoms with Crippen LogP contribution in [0.1, 0.15) is 26.3 Å². The number of aliphatic hydroxyl groups is 1. The van der Waals surface area contributed by atoms with Crippen LogP contribution in [0.5, 0.6) is 0 Å². The molecule has 2 aromatic rings. The van der Waals surface area contributed by atoms with Crippen molar-refractivity contribution in [2.75, 3.05) is 0 Å². The molecule has 0 heterocycles. The van der Waals surface area contributed by atoms with Gasteiger partial charge < -0.3 is 10.2 Å². The first-order valence-electron chi connectivity index (χ1n) is 6.02. The standard InChI is InChI=1S/C16H11ClO4/c17-11-6-7-12(13(9-11)16(20)21)15(19)14(18)8-10-4-2-1-3-5-10/h1-9,18H,(H,20,21)/b14-8-. The van der Waals surface area contributed by atoms with Gasteiger partial charge in [0.1, 0.15) is 0 Å². The van der Waals surface area contributed by atoms with Gasteiger partial charge in [0.2, 0.25) is 5.78 Å². The van der Waals surface area contributed by atoms with Gasteiger partial charge in [-0.25, -0.2) is 4.79 Å². The van der Waals surface area contributed by atoms with Crippen LogP contribution in [-0.2, 0) is 0 Å². The van der Waals surface area contributed by atoms with Crippen molar-refractivity contribution in [1.82, 2.24) is 0 Å². The Balaban J connectivity index is 2.41. The zero-order valence-corrected chi connectivity index (χ0v) is 11.5. The van der Waals surface area contributed by atoms with E-state index in [0.29, 0.717) is 5.56 Å². The van der Waals surface area contributed by atoms with Crippen molar-refractivity contribution in [3.63, 3.8) is 0 Å². The Morgan fingerprint density at radius 2 is 1.62 bits per heavy atom. The van der Waals surface area contributed by atoms with Gasteiger partial charge in [-0.1, -0.05) is 41.9 Å². The van der Waals surface area contributed by atoms with E-state index in [-0.39, 0.29) is 16.1 Å². The van der Waals surface area contributed by atoms with E-state index in [4.69, 9.17) is 16.7 Å². The third-order valence-electron chi connectivity index (χ3n) is 2.79. The summed E-state index contributed by atoms with van der Waals surface area (Å²) in [5, 5.41) is 19.2. The third-order valence-corrected chi connectivity index (χ3v) is 3.03. The second-order valence-electron chi connectivity index (χ2n) is 4.26. The maximum atomic E-state index is 12.2. The van der Waals surface area contributed by atoms with Gasteiger partial charge in [0.15, 0.2) is 5.76 Å². The molecule has 0 fully saturated rings. The van der Waals surface area contributed by atoms with Gasteiger partial charge in [0, 0.05) is 10.6 Å². The van der Waals surface area contributed by atoms with E-state index in [2.05, 4.69) is 0 Å². The lowest BCUT2D eigenvalue weighted by Crippen LogP contribution is -2.10. The summed E-state index contributed by atoms with van der Waals surface area (Å²) in [7, 11) is 0. The van der Waals surface area contributed by atoms with Crippen molar-refractivity contribution in [3.8, 4) is 0 Å². The Morgan fingerprint density at radius 1 is 0.952 bits per heavy atom. The summed E-state index contributed by atoms with van der Waals surface area (Å²) in [5.41, 5.74) is 0.270. The van der Waals surface area contributed by atoms with E-state index in [1.54, 1.807) is 30.3 Å². The fourth-order valence-corrected chi connectivity index (χ4v) is 1.97. The molecule has 0 atom stereocenters. The molecule has 0 bridgehead atoms. The van der Waals surface area contributed by atoms with E-state index in [1.165, 1.54) is 24.3 Å². The number of Topliss-reactive ketones (excluding diaryl/α,β-unsaturated/α-hetero) is 1. The van der Waals surface area contributed by atoms with Crippen LogP contribution in [0.15, 0.2) is 54.3 Å². The summed E-state index contributed by atoms with van der Waals surface area (Å²) in [6.45, 7) is 0. The molecule has 0 saturated heterocycles. The van der Waals surface area contributed by atoms with Crippen LogP contribution in [0.3, 0.4) is 0 Å². The lowest BCUT2D eigenvalue weighted by atomic mass is 10.0. The minimum Gasteiger partial charge on any atom is -0.504 e. The fraction of sp³-hybridized carbons (Fsp3) is 0. The minimum atomic E-state index is -1.28. The summed E-state index contributed by atoms with van der Waals surface area (Å²) in [6, 6.07) is 12.6. The predicted octanol–water partition coefficient (Wildman–Crippen LogP) is 3.82. The highest BCUT2D eigenvalue weighted by molar-refractivity contribution is 6.31. The average Bonchev–Trinajstić information content (AvgIpc) is 2.47. The van der Waals surface area contributed by atoms with E-state index in [9.17, 15) is 14.7 Å². The zero-order valence-electron chi connectivity index (χ0n) is 10.8. The number of halogens is 1. The topological polar surface area (TPSA) is 74.6 Å². The van der Waals surface area contributed by atoms with E-state index in [0.717, 1.165) is 0 Å². The molecule has 0 aromatic heterocycles. The van der Waals surface area contributed by atoms with Gasteiger partial charge in [-0.15, -0.1) is 0 Å². The van der Waals surface area contributed by atoms with Crippen molar-refractivity contribution in [3.05, 3.63) is 76.0 Å². The molecular formula is C16H11ClO4. The highest BCUT2D eigenvalue weighted by Crippen LogP contribution is 2.19. The number of hydrogen-bond acceptors (Lipinski definition) is 3. The molecule has 0 radical (unpaired) electrons. The first kappa shape index (κ1) is 14.8. The van der Waals surface area contributed by atoms with Crippen molar-refractivity contribution in [1.29, 1.82) is 0 Å². The summed E-state index contributed by atoms with van der Waals surface area (Å²) in [4.78, 5) is 23.3. The Bertz CT molecular complexity index is 720. The van der Waals surface area contributed by atoms with Crippen molar-refractivity contribution < 1.29 is 19.8 Å². The smallest absolute Gasteiger partial charge is 0.336 e. The second-order valence-corrected chi connectivity index (χ2v) is 4.70. The molecule has 0 amide bonds. The van der Waals surface area contributed by atoms with Gasteiger partial charge in [0.25, 0.3) is 0 Å². The lowest BCUT2D eigenvalue weighted by Gasteiger charge is -2.05.